The molecule has 0 N–H and O–H groups in total. The topological polar surface area (TPSA) is 39.4 Å². The highest BCUT2D eigenvalue weighted by Crippen LogP contribution is 2.35. The molecule has 0 atom stereocenters. The number of rotatable bonds is 3. The monoisotopic (exact) mass is 382 g/mol. The largest absolute Gasteiger partial charge is 0.573 e. The second-order valence-electron chi connectivity index (χ2n) is 3.51. The van der Waals surface area contributed by atoms with Gasteiger partial charge >= 0.3 is 6.36 Å². The van der Waals surface area contributed by atoms with E-state index >= 15 is 0 Å². The molecule has 7 heteroatoms. The van der Waals surface area contributed by atoms with E-state index in [1.165, 1.54) is 24.3 Å². The first kappa shape index (κ1) is 13.9. The van der Waals surface area contributed by atoms with Gasteiger partial charge in [-0.15, -0.1) is 13.2 Å². The van der Waals surface area contributed by atoms with Crippen LogP contribution in [-0.2, 0) is 0 Å². The number of alkyl halides is 3. The van der Waals surface area contributed by atoms with Gasteiger partial charge in [0.2, 0.25) is 0 Å². The molecular weight excluding hydrogens is 376 g/mol. The van der Waals surface area contributed by atoms with Gasteiger partial charge in [-0.3, -0.25) is 4.79 Å². The van der Waals surface area contributed by atoms with Gasteiger partial charge in [-0.2, -0.15) is 0 Å². The number of benzene rings is 1. The second kappa shape index (κ2) is 5.24. The third-order valence-corrected chi connectivity index (χ3v) is 2.85. The number of hydrogen-bond donors (Lipinski definition) is 0. The Morgan fingerprint density at radius 2 is 1.95 bits per heavy atom. The van der Waals surface area contributed by atoms with Crippen molar-refractivity contribution in [3.63, 3.8) is 0 Å². The standard InChI is InChI=1S/C12H6F3IO3/c13-12(14,15)19-11-5-7(16)1-3-9(11)10-4-2-8(6-17)18-10/h1-6H. The van der Waals surface area contributed by atoms with Crippen LogP contribution in [0.1, 0.15) is 10.6 Å². The van der Waals surface area contributed by atoms with Crippen LogP contribution in [0.15, 0.2) is 34.7 Å². The lowest BCUT2D eigenvalue weighted by atomic mass is 10.1. The minimum atomic E-state index is -4.79. The summed E-state index contributed by atoms with van der Waals surface area (Å²) in [7, 11) is 0. The fourth-order valence-corrected chi connectivity index (χ4v) is 1.93. The van der Waals surface area contributed by atoms with Gasteiger partial charge in [0.25, 0.3) is 0 Å². The Morgan fingerprint density at radius 1 is 1.21 bits per heavy atom. The Hall–Kier alpha value is -1.51. The van der Waals surface area contributed by atoms with Gasteiger partial charge in [-0.25, -0.2) is 0 Å². The van der Waals surface area contributed by atoms with Crippen LogP contribution in [0.2, 0.25) is 0 Å². The number of carbonyl (C=O) groups is 1. The highest BCUT2D eigenvalue weighted by Gasteiger charge is 2.32. The third kappa shape index (κ3) is 3.49. The van der Waals surface area contributed by atoms with E-state index in [2.05, 4.69) is 4.74 Å². The minimum Gasteiger partial charge on any atom is -0.453 e. The molecule has 2 aromatic rings. The van der Waals surface area contributed by atoms with Crippen molar-refractivity contribution < 1.29 is 27.1 Å². The van der Waals surface area contributed by atoms with E-state index in [0.717, 1.165) is 0 Å². The molecule has 0 saturated carbocycles. The van der Waals surface area contributed by atoms with Crippen molar-refractivity contribution in [1.29, 1.82) is 0 Å². The van der Waals surface area contributed by atoms with Crippen molar-refractivity contribution >= 4 is 28.9 Å². The van der Waals surface area contributed by atoms with E-state index in [-0.39, 0.29) is 22.8 Å². The molecular formula is C12H6F3IO3. The molecule has 0 bridgehead atoms. The van der Waals surface area contributed by atoms with Crippen molar-refractivity contribution in [2.45, 2.75) is 6.36 Å². The Kier molecular flexibility index (Phi) is 3.83. The summed E-state index contributed by atoms with van der Waals surface area (Å²) in [6.45, 7) is 0. The molecule has 1 aromatic carbocycles. The van der Waals surface area contributed by atoms with Gasteiger partial charge in [0, 0.05) is 3.57 Å². The van der Waals surface area contributed by atoms with Crippen LogP contribution in [-0.4, -0.2) is 12.6 Å². The van der Waals surface area contributed by atoms with Gasteiger partial charge < -0.3 is 9.15 Å². The first-order valence-electron chi connectivity index (χ1n) is 5.00. The summed E-state index contributed by atoms with van der Waals surface area (Å²) in [5, 5.41) is 0. The van der Waals surface area contributed by atoms with Gasteiger partial charge in [0.15, 0.2) is 12.0 Å². The molecule has 2 rings (SSSR count). The summed E-state index contributed by atoms with van der Waals surface area (Å²) in [5.41, 5.74) is 0.130. The van der Waals surface area contributed by atoms with Crippen LogP contribution in [0.25, 0.3) is 11.3 Å². The summed E-state index contributed by atoms with van der Waals surface area (Å²) in [5.74, 6) is -0.199. The molecule has 0 amide bonds. The molecule has 0 aliphatic rings. The fourth-order valence-electron chi connectivity index (χ4n) is 1.47. The number of ether oxygens (including phenoxy) is 1. The predicted octanol–water partition coefficient (Wildman–Crippen LogP) is 4.26. The van der Waals surface area contributed by atoms with Crippen LogP contribution < -0.4 is 4.74 Å². The first-order chi connectivity index (χ1) is 8.89. The van der Waals surface area contributed by atoms with E-state index in [9.17, 15) is 18.0 Å². The lowest BCUT2D eigenvalue weighted by molar-refractivity contribution is -0.274. The lowest BCUT2D eigenvalue weighted by Gasteiger charge is -2.12. The number of furan rings is 1. The number of hydrogen-bond acceptors (Lipinski definition) is 3. The Balaban J connectivity index is 2.47. The Labute approximate surface area is 119 Å². The van der Waals surface area contributed by atoms with E-state index in [0.29, 0.717) is 9.86 Å². The quantitative estimate of drug-likeness (QED) is 0.588. The van der Waals surface area contributed by atoms with E-state index in [1.54, 1.807) is 6.07 Å². The van der Waals surface area contributed by atoms with E-state index < -0.39 is 6.36 Å². The van der Waals surface area contributed by atoms with Gasteiger partial charge in [-0.05, 0) is 52.9 Å². The van der Waals surface area contributed by atoms with Crippen LogP contribution >= 0.6 is 22.6 Å². The second-order valence-corrected chi connectivity index (χ2v) is 4.75. The van der Waals surface area contributed by atoms with E-state index in [4.69, 9.17) is 4.42 Å². The molecule has 0 unspecified atom stereocenters. The third-order valence-electron chi connectivity index (χ3n) is 2.18. The maximum absolute atomic E-state index is 12.3. The van der Waals surface area contributed by atoms with Crippen molar-refractivity contribution in [2.24, 2.45) is 0 Å². The average Bonchev–Trinajstić information content (AvgIpc) is 2.75. The van der Waals surface area contributed by atoms with Crippen molar-refractivity contribution in [1.82, 2.24) is 0 Å². The van der Waals surface area contributed by atoms with Crippen LogP contribution in [0, 0.1) is 3.57 Å². The molecule has 1 aromatic heterocycles. The summed E-state index contributed by atoms with van der Waals surface area (Å²) in [6, 6.07) is 7.08. The van der Waals surface area contributed by atoms with Gasteiger partial charge in [0.1, 0.15) is 11.5 Å². The molecule has 0 saturated heterocycles. The zero-order valence-corrected chi connectivity index (χ0v) is 11.4. The molecule has 0 fully saturated rings. The number of carbonyl (C=O) groups excluding carboxylic acids is 1. The minimum absolute atomic E-state index is 0.0338. The zero-order valence-electron chi connectivity index (χ0n) is 9.20. The number of halogens is 4. The average molecular weight is 382 g/mol. The van der Waals surface area contributed by atoms with Crippen LogP contribution in [0.3, 0.4) is 0 Å². The predicted molar refractivity (Wildman–Crippen MR) is 68.9 cm³/mol. The van der Waals surface area contributed by atoms with E-state index in [1.807, 2.05) is 22.6 Å². The summed E-state index contributed by atoms with van der Waals surface area (Å²) >= 11 is 1.87. The number of aldehydes is 1. The molecule has 3 nitrogen and oxygen atoms in total. The molecule has 1 heterocycles. The smallest absolute Gasteiger partial charge is 0.453 e. The zero-order chi connectivity index (χ0) is 14.0. The van der Waals surface area contributed by atoms with Crippen LogP contribution in [0.4, 0.5) is 13.2 Å². The Bertz CT molecular complexity index is 605. The first-order valence-corrected chi connectivity index (χ1v) is 6.07. The molecule has 0 spiro atoms. The van der Waals surface area contributed by atoms with Gasteiger partial charge in [0.05, 0.1) is 5.56 Å². The summed E-state index contributed by atoms with van der Waals surface area (Å²) < 4.78 is 46.6. The molecule has 0 aliphatic carbocycles. The normalized spacial score (nSPS) is 11.4. The fraction of sp³-hybridized carbons (Fsp3) is 0.0833. The van der Waals surface area contributed by atoms with Crippen molar-refractivity contribution in [3.8, 4) is 17.1 Å². The Morgan fingerprint density at radius 3 is 2.53 bits per heavy atom. The maximum Gasteiger partial charge on any atom is 0.573 e. The van der Waals surface area contributed by atoms with Crippen molar-refractivity contribution in [3.05, 3.63) is 39.7 Å². The molecule has 100 valence electrons. The van der Waals surface area contributed by atoms with Crippen LogP contribution in [0.5, 0.6) is 5.75 Å². The summed E-state index contributed by atoms with van der Waals surface area (Å²) in [6.07, 6.45) is -4.32. The molecule has 0 radical (unpaired) electrons. The highest BCUT2D eigenvalue weighted by atomic mass is 127. The van der Waals surface area contributed by atoms with Crippen molar-refractivity contribution in [2.75, 3.05) is 0 Å². The van der Waals surface area contributed by atoms with Gasteiger partial charge in [-0.1, -0.05) is 0 Å². The summed E-state index contributed by atoms with van der Waals surface area (Å²) in [4.78, 5) is 10.5. The highest BCUT2D eigenvalue weighted by molar-refractivity contribution is 14.1. The molecule has 0 aliphatic heterocycles. The lowest BCUT2D eigenvalue weighted by Crippen LogP contribution is -2.17. The SMILES string of the molecule is O=Cc1ccc(-c2ccc(I)cc2OC(F)(F)F)o1. The maximum atomic E-state index is 12.3. The molecule has 19 heavy (non-hydrogen) atoms.